The molecule has 0 atom stereocenters. The fourth-order valence-corrected chi connectivity index (χ4v) is 3.75. The summed E-state index contributed by atoms with van der Waals surface area (Å²) in [4.78, 5) is 24.1. The number of phenolic OH excluding ortho intramolecular Hbond substituents is 1. The molecule has 0 unspecified atom stereocenters. The zero-order chi connectivity index (χ0) is 23.7. The number of hydrogen-bond acceptors (Lipinski definition) is 5. The van der Waals surface area contributed by atoms with Gasteiger partial charge in [0, 0.05) is 10.6 Å². The lowest BCUT2D eigenvalue weighted by Crippen LogP contribution is -2.14. The third kappa shape index (κ3) is 4.39. The minimum absolute atomic E-state index is 0.0405. The maximum atomic E-state index is 12.9. The summed E-state index contributed by atoms with van der Waals surface area (Å²) in [5.74, 6) is -1.27. The number of aromatic hydroxyl groups is 1. The SMILES string of the molecule is Cc1[nH]n(-c2ccc(Cl)cc2Cl)c(=O)c1N=Nc1cccc(-c2cccc(C(=O)O)c2)c1O. The molecule has 0 spiro atoms. The van der Waals surface area contributed by atoms with Crippen molar-refractivity contribution in [3.63, 3.8) is 0 Å². The highest BCUT2D eigenvalue weighted by molar-refractivity contribution is 6.35. The Balaban J connectivity index is 1.72. The number of aromatic amines is 1. The number of carbonyl (C=O) groups is 1. The molecule has 0 radical (unpaired) electrons. The van der Waals surface area contributed by atoms with E-state index in [4.69, 9.17) is 23.2 Å². The molecule has 0 saturated heterocycles. The minimum Gasteiger partial charge on any atom is -0.505 e. The molecule has 3 aromatic carbocycles. The number of benzene rings is 3. The number of azo groups is 1. The Bertz CT molecular complexity index is 1470. The third-order valence-corrected chi connectivity index (χ3v) is 5.42. The molecule has 4 rings (SSSR count). The Labute approximate surface area is 197 Å². The van der Waals surface area contributed by atoms with E-state index in [1.165, 1.54) is 28.9 Å². The lowest BCUT2D eigenvalue weighted by atomic mass is 10.0. The summed E-state index contributed by atoms with van der Waals surface area (Å²) in [5.41, 5.74) is 1.49. The molecular weight excluding hydrogens is 467 g/mol. The second-order valence-electron chi connectivity index (χ2n) is 7.08. The number of rotatable bonds is 5. The first-order valence-electron chi connectivity index (χ1n) is 9.60. The molecule has 0 saturated carbocycles. The molecule has 0 aliphatic rings. The van der Waals surface area contributed by atoms with Gasteiger partial charge in [-0.3, -0.25) is 9.89 Å². The second kappa shape index (κ2) is 8.93. The molecule has 33 heavy (non-hydrogen) atoms. The van der Waals surface area contributed by atoms with Crippen LogP contribution in [0, 0.1) is 6.92 Å². The van der Waals surface area contributed by atoms with Gasteiger partial charge in [-0.1, -0.05) is 47.5 Å². The van der Waals surface area contributed by atoms with Gasteiger partial charge in [-0.25, -0.2) is 9.48 Å². The first-order chi connectivity index (χ1) is 15.8. The molecule has 10 heteroatoms. The molecule has 0 aliphatic carbocycles. The van der Waals surface area contributed by atoms with Gasteiger partial charge in [0.15, 0.2) is 11.4 Å². The van der Waals surface area contributed by atoms with E-state index in [9.17, 15) is 19.8 Å². The number of nitrogens with zero attached hydrogens (tertiary/aromatic N) is 3. The molecule has 4 aromatic rings. The zero-order valence-electron chi connectivity index (χ0n) is 17.1. The highest BCUT2D eigenvalue weighted by atomic mass is 35.5. The molecular formula is C23H16Cl2N4O4. The quantitative estimate of drug-likeness (QED) is 0.290. The second-order valence-corrected chi connectivity index (χ2v) is 7.92. The Morgan fingerprint density at radius 2 is 1.79 bits per heavy atom. The summed E-state index contributed by atoms with van der Waals surface area (Å²) >= 11 is 12.1. The van der Waals surface area contributed by atoms with E-state index < -0.39 is 11.5 Å². The lowest BCUT2D eigenvalue weighted by molar-refractivity contribution is 0.0697. The van der Waals surface area contributed by atoms with Crippen molar-refractivity contribution in [2.45, 2.75) is 6.92 Å². The molecule has 3 N–H and O–H groups in total. The van der Waals surface area contributed by atoms with Crippen LogP contribution in [0.2, 0.25) is 10.0 Å². The van der Waals surface area contributed by atoms with Gasteiger partial charge in [0.05, 0.1) is 22.0 Å². The van der Waals surface area contributed by atoms with Gasteiger partial charge in [0.1, 0.15) is 5.69 Å². The molecule has 8 nitrogen and oxygen atoms in total. The van der Waals surface area contributed by atoms with Crippen LogP contribution < -0.4 is 5.56 Å². The van der Waals surface area contributed by atoms with Crippen molar-refractivity contribution in [2.24, 2.45) is 10.2 Å². The van der Waals surface area contributed by atoms with E-state index >= 15 is 0 Å². The van der Waals surface area contributed by atoms with Gasteiger partial charge in [-0.2, -0.15) is 0 Å². The normalized spacial score (nSPS) is 11.2. The number of para-hydroxylation sites is 1. The molecule has 0 bridgehead atoms. The van der Waals surface area contributed by atoms with Crippen molar-refractivity contribution in [1.29, 1.82) is 0 Å². The molecule has 0 aliphatic heterocycles. The number of phenols is 1. The van der Waals surface area contributed by atoms with Crippen molar-refractivity contribution < 1.29 is 15.0 Å². The van der Waals surface area contributed by atoms with Crippen molar-refractivity contribution in [3.05, 3.63) is 92.3 Å². The fourth-order valence-electron chi connectivity index (χ4n) is 3.26. The average Bonchev–Trinajstić information content (AvgIpc) is 3.06. The molecule has 0 fully saturated rings. The maximum absolute atomic E-state index is 12.9. The average molecular weight is 483 g/mol. The molecule has 0 amide bonds. The van der Waals surface area contributed by atoms with Crippen LogP contribution in [0.4, 0.5) is 11.4 Å². The summed E-state index contributed by atoms with van der Waals surface area (Å²) in [6.07, 6.45) is 0. The predicted octanol–water partition coefficient (Wildman–Crippen LogP) is 6.27. The number of aryl methyl sites for hydroxylation is 1. The summed E-state index contributed by atoms with van der Waals surface area (Å²) in [6.45, 7) is 1.66. The van der Waals surface area contributed by atoms with Gasteiger partial charge < -0.3 is 10.2 Å². The molecule has 166 valence electrons. The van der Waals surface area contributed by atoms with E-state index in [0.29, 0.717) is 27.5 Å². The number of nitrogens with one attached hydrogen (secondary N) is 1. The molecule has 1 aromatic heterocycles. The van der Waals surface area contributed by atoms with Crippen molar-refractivity contribution in [1.82, 2.24) is 9.78 Å². The largest absolute Gasteiger partial charge is 0.505 e. The Morgan fingerprint density at radius 1 is 1.03 bits per heavy atom. The standard InChI is InChI=1S/C23H16Cl2N4O4/c1-12-20(22(31)29(28-12)19-9-8-15(24)11-17(19)25)27-26-18-7-3-6-16(21(18)30)13-4-2-5-14(10-13)23(32)33/h2-11,28,30H,1H3,(H,32,33). The summed E-state index contributed by atoms with van der Waals surface area (Å²) in [5, 5.41) is 31.6. The van der Waals surface area contributed by atoms with E-state index in [1.54, 1.807) is 43.3 Å². The Hall–Kier alpha value is -3.88. The van der Waals surface area contributed by atoms with Crippen LogP contribution in [0.15, 0.2) is 75.7 Å². The van der Waals surface area contributed by atoms with Gasteiger partial charge in [-0.15, -0.1) is 10.2 Å². The number of halogens is 2. The maximum Gasteiger partial charge on any atom is 0.335 e. The first kappa shape index (κ1) is 22.3. The summed E-state index contributed by atoms with van der Waals surface area (Å²) < 4.78 is 1.23. The van der Waals surface area contributed by atoms with Gasteiger partial charge in [0.25, 0.3) is 5.56 Å². The summed E-state index contributed by atoms with van der Waals surface area (Å²) in [6, 6.07) is 15.7. The number of carboxylic acids is 1. The van der Waals surface area contributed by atoms with Gasteiger partial charge >= 0.3 is 5.97 Å². The van der Waals surface area contributed by atoms with Crippen molar-refractivity contribution in [2.75, 3.05) is 0 Å². The minimum atomic E-state index is -1.08. The number of hydrogen-bond donors (Lipinski definition) is 3. The third-order valence-electron chi connectivity index (χ3n) is 4.88. The van der Waals surface area contributed by atoms with Crippen molar-refractivity contribution in [3.8, 4) is 22.6 Å². The lowest BCUT2D eigenvalue weighted by Gasteiger charge is -2.07. The smallest absolute Gasteiger partial charge is 0.335 e. The van der Waals surface area contributed by atoms with Crippen molar-refractivity contribution >= 4 is 40.5 Å². The van der Waals surface area contributed by atoms with Gasteiger partial charge in [0.2, 0.25) is 0 Å². The number of carboxylic acid groups (broad SMARTS) is 1. The highest BCUT2D eigenvalue weighted by Gasteiger charge is 2.16. The number of aromatic nitrogens is 2. The van der Waals surface area contributed by atoms with Gasteiger partial charge in [-0.05, 0) is 48.9 Å². The van der Waals surface area contributed by atoms with Crippen LogP contribution in [0.5, 0.6) is 5.75 Å². The van der Waals surface area contributed by atoms with Crippen LogP contribution in [0.25, 0.3) is 16.8 Å². The zero-order valence-corrected chi connectivity index (χ0v) is 18.6. The summed E-state index contributed by atoms with van der Waals surface area (Å²) in [7, 11) is 0. The predicted molar refractivity (Wildman–Crippen MR) is 126 cm³/mol. The monoisotopic (exact) mass is 482 g/mol. The first-order valence-corrected chi connectivity index (χ1v) is 10.4. The fraction of sp³-hybridized carbons (Fsp3) is 0.0435. The molecule has 1 heterocycles. The van der Waals surface area contributed by atoms with Crippen LogP contribution in [0.1, 0.15) is 16.1 Å². The van der Waals surface area contributed by atoms with Crippen LogP contribution in [-0.2, 0) is 0 Å². The van der Waals surface area contributed by atoms with E-state index in [-0.39, 0.29) is 27.7 Å². The van der Waals surface area contributed by atoms with Crippen LogP contribution >= 0.6 is 23.2 Å². The van der Waals surface area contributed by atoms with E-state index in [2.05, 4.69) is 15.3 Å². The topological polar surface area (TPSA) is 120 Å². The Morgan fingerprint density at radius 3 is 2.52 bits per heavy atom. The van der Waals surface area contributed by atoms with E-state index in [1.807, 2.05) is 0 Å². The number of H-pyrrole nitrogens is 1. The highest BCUT2D eigenvalue weighted by Crippen LogP contribution is 2.38. The Kier molecular flexibility index (Phi) is 6.04. The van der Waals surface area contributed by atoms with E-state index in [0.717, 1.165) is 0 Å². The van der Waals surface area contributed by atoms with Crippen LogP contribution in [-0.4, -0.2) is 26.0 Å². The number of aromatic carboxylic acids is 1. The van der Waals surface area contributed by atoms with Crippen LogP contribution in [0.3, 0.4) is 0 Å².